The van der Waals surface area contributed by atoms with Gasteiger partial charge in [-0.25, -0.2) is 9.78 Å². The van der Waals surface area contributed by atoms with E-state index in [1.54, 1.807) is 6.20 Å². The number of benzene rings is 1. The van der Waals surface area contributed by atoms with E-state index < -0.39 is 0 Å². The average molecular weight is 380 g/mol. The van der Waals surface area contributed by atoms with Crippen molar-refractivity contribution in [2.24, 2.45) is 0 Å². The van der Waals surface area contributed by atoms with Crippen molar-refractivity contribution in [1.29, 1.82) is 0 Å². The fraction of sp³-hybridized carbons (Fsp3) is 0.368. The van der Waals surface area contributed by atoms with E-state index in [0.29, 0.717) is 18.8 Å². The van der Waals surface area contributed by atoms with Gasteiger partial charge in [-0.05, 0) is 12.5 Å². The Bertz CT molecular complexity index is 884. The topological polar surface area (TPSA) is 95.0 Å². The van der Waals surface area contributed by atoms with Crippen LogP contribution in [0.1, 0.15) is 24.4 Å². The summed E-state index contributed by atoms with van der Waals surface area (Å²) in [5.41, 5.74) is 1.88. The number of carbonyl (C=O) groups is 1. The van der Waals surface area contributed by atoms with Gasteiger partial charge in [-0.15, -0.1) is 0 Å². The van der Waals surface area contributed by atoms with E-state index in [1.165, 1.54) is 11.9 Å². The summed E-state index contributed by atoms with van der Waals surface area (Å²) in [4.78, 5) is 20.8. The van der Waals surface area contributed by atoms with E-state index in [2.05, 4.69) is 49.6 Å². The lowest BCUT2D eigenvalue weighted by Gasteiger charge is -2.34. The quantitative estimate of drug-likeness (QED) is 0.706. The molecule has 0 spiro atoms. The summed E-state index contributed by atoms with van der Waals surface area (Å²) in [6, 6.07) is 10.2. The van der Waals surface area contributed by atoms with Crippen molar-refractivity contribution in [3.8, 4) is 0 Å². The van der Waals surface area contributed by atoms with Crippen molar-refractivity contribution in [1.82, 2.24) is 34.8 Å². The van der Waals surface area contributed by atoms with Crippen molar-refractivity contribution < 1.29 is 4.79 Å². The summed E-state index contributed by atoms with van der Waals surface area (Å²) < 4.78 is 1.86. The fourth-order valence-electron chi connectivity index (χ4n) is 3.33. The number of carbonyl (C=O) groups excluding carboxylic acids is 1. The Balaban J connectivity index is 1.29. The SMILES string of the molecule is CC(c1ccccc1)n1cc(NC(=O)N2CCN(Cc3ncn[nH]3)CC2)cn1. The molecule has 4 rings (SSSR count). The summed E-state index contributed by atoms with van der Waals surface area (Å²) in [6.07, 6.45) is 5.07. The van der Waals surface area contributed by atoms with Gasteiger partial charge in [-0.2, -0.15) is 10.2 Å². The maximum absolute atomic E-state index is 12.6. The summed E-state index contributed by atoms with van der Waals surface area (Å²) in [6.45, 7) is 5.77. The molecule has 3 aromatic rings. The number of hydrogen-bond donors (Lipinski definition) is 2. The minimum Gasteiger partial charge on any atom is -0.322 e. The Hall–Kier alpha value is -3.20. The van der Waals surface area contributed by atoms with Gasteiger partial charge >= 0.3 is 6.03 Å². The number of aromatic nitrogens is 5. The van der Waals surface area contributed by atoms with Gasteiger partial charge in [0.1, 0.15) is 12.2 Å². The second kappa shape index (κ2) is 8.22. The number of nitrogens with zero attached hydrogens (tertiary/aromatic N) is 6. The Morgan fingerprint density at radius 1 is 1.21 bits per heavy atom. The van der Waals surface area contributed by atoms with E-state index in [9.17, 15) is 4.79 Å². The van der Waals surface area contributed by atoms with Crippen LogP contribution >= 0.6 is 0 Å². The zero-order valence-electron chi connectivity index (χ0n) is 15.8. The highest BCUT2D eigenvalue weighted by Gasteiger charge is 2.22. The molecule has 1 aliphatic rings. The highest BCUT2D eigenvalue weighted by molar-refractivity contribution is 5.89. The van der Waals surface area contributed by atoms with Crippen LogP contribution in [0.25, 0.3) is 0 Å². The van der Waals surface area contributed by atoms with E-state index in [1.807, 2.05) is 34.0 Å². The smallest absolute Gasteiger partial charge is 0.322 e. The highest BCUT2D eigenvalue weighted by atomic mass is 16.2. The summed E-state index contributed by atoms with van der Waals surface area (Å²) in [7, 11) is 0. The van der Waals surface area contributed by atoms with Gasteiger partial charge in [-0.3, -0.25) is 14.7 Å². The Kier molecular flexibility index (Phi) is 5.34. The first kappa shape index (κ1) is 18.2. The van der Waals surface area contributed by atoms with Crippen molar-refractivity contribution in [3.63, 3.8) is 0 Å². The molecule has 146 valence electrons. The van der Waals surface area contributed by atoms with Crippen molar-refractivity contribution >= 4 is 11.7 Å². The monoisotopic (exact) mass is 380 g/mol. The van der Waals surface area contributed by atoms with Crippen LogP contribution < -0.4 is 5.32 Å². The van der Waals surface area contributed by atoms with Crippen molar-refractivity contribution in [3.05, 3.63) is 60.4 Å². The summed E-state index contributed by atoms with van der Waals surface area (Å²) >= 11 is 0. The van der Waals surface area contributed by atoms with Crippen LogP contribution in [0.5, 0.6) is 0 Å². The number of urea groups is 1. The highest BCUT2D eigenvalue weighted by Crippen LogP contribution is 2.19. The number of aromatic amines is 1. The van der Waals surface area contributed by atoms with Gasteiger partial charge in [0.15, 0.2) is 0 Å². The number of rotatable bonds is 5. The lowest BCUT2D eigenvalue weighted by atomic mass is 10.1. The second-order valence-electron chi connectivity index (χ2n) is 6.92. The number of hydrogen-bond acceptors (Lipinski definition) is 5. The van der Waals surface area contributed by atoms with Crippen LogP contribution in [0, 0.1) is 0 Å². The average Bonchev–Trinajstić information content (AvgIpc) is 3.41. The van der Waals surface area contributed by atoms with Crippen LogP contribution in [0.4, 0.5) is 10.5 Å². The molecule has 1 fully saturated rings. The molecular weight excluding hydrogens is 356 g/mol. The van der Waals surface area contributed by atoms with Gasteiger partial charge < -0.3 is 10.2 Å². The third kappa shape index (κ3) is 4.20. The van der Waals surface area contributed by atoms with Gasteiger partial charge in [0, 0.05) is 32.4 Å². The van der Waals surface area contributed by atoms with E-state index in [0.717, 1.165) is 25.5 Å². The first-order valence-electron chi connectivity index (χ1n) is 9.40. The molecule has 2 amide bonds. The molecule has 0 bridgehead atoms. The standard InChI is InChI=1S/C19H24N8O/c1-15(16-5-3-2-4-6-16)27-12-17(11-22-27)23-19(28)26-9-7-25(8-10-26)13-18-20-14-21-24-18/h2-6,11-12,14-15H,7-10,13H2,1H3,(H,23,28)(H,20,21,24). The molecule has 1 saturated heterocycles. The van der Waals surface area contributed by atoms with Gasteiger partial charge in [-0.1, -0.05) is 30.3 Å². The van der Waals surface area contributed by atoms with E-state index >= 15 is 0 Å². The third-order valence-electron chi connectivity index (χ3n) is 5.03. The van der Waals surface area contributed by atoms with Crippen LogP contribution in [-0.4, -0.2) is 67.0 Å². The van der Waals surface area contributed by atoms with Gasteiger partial charge in [0.2, 0.25) is 0 Å². The molecule has 9 heteroatoms. The number of H-pyrrole nitrogens is 1. The van der Waals surface area contributed by atoms with Crippen LogP contribution in [0.3, 0.4) is 0 Å². The predicted molar refractivity (Wildman–Crippen MR) is 105 cm³/mol. The van der Waals surface area contributed by atoms with E-state index in [4.69, 9.17) is 0 Å². The summed E-state index contributed by atoms with van der Waals surface area (Å²) in [5, 5.41) is 14.1. The van der Waals surface area contributed by atoms with Crippen LogP contribution in [0.2, 0.25) is 0 Å². The molecular formula is C19H24N8O. The minimum absolute atomic E-state index is 0.0915. The molecule has 0 radical (unpaired) electrons. The molecule has 0 aliphatic carbocycles. The summed E-state index contributed by atoms with van der Waals surface area (Å²) in [5.74, 6) is 0.845. The number of amides is 2. The maximum atomic E-state index is 12.6. The normalized spacial score (nSPS) is 16.1. The van der Waals surface area contributed by atoms with Crippen molar-refractivity contribution in [2.75, 3.05) is 31.5 Å². The minimum atomic E-state index is -0.0915. The lowest BCUT2D eigenvalue weighted by molar-refractivity contribution is 0.141. The van der Waals surface area contributed by atoms with Gasteiger partial charge in [0.05, 0.1) is 24.5 Å². The molecule has 3 heterocycles. The maximum Gasteiger partial charge on any atom is 0.322 e. The molecule has 2 aromatic heterocycles. The van der Waals surface area contributed by atoms with E-state index in [-0.39, 0.29) is 12.1 Å². The molecule has 1 aromatic carbocycles. The molecule has 1 unspecified atom stereocenters. The fourth-order valence-corrected chi connectivity index (χ4v) is 3.33. The Morgan fingerprint density at radius 3 is 2.71 bits per heavy atom. The zero-order valence-corrected chi connectivity index (χ0v) is 15.8. The molecule has 9 nitrogen and oxygen atoms in total. The second-order valence-corrected chi connectivity index (χ2v) is 6.92. The number of piperazine rings is 1. The predicted octanol–water partition coefficient (Wildman–Crippen LogP) is 1.96. The molecule has 1 aliphatic heterocycles. The van der Waals surface area contributed by atoms with Crippen LogP contribution in [-0.2, 0) is 6.54 Å². The van der Waals surface area contributed by atoms with Crippen LogP contribution in [0.15, 0.2) is 49.1 Å². The number of nitrogens with one attached hydrogen (secondary N) is 2. The first-order chi connectivity index (χ1) is 13.7. The van der Waals surface area contributed by atoms with Gasteiger partial charge in [0.25, 0.3) is 0 Å². The largest absolute Gasteiger partial charge is 0.322 e. The molecule has 28 heavy (non-hydrogen) atoms. The molecule has 2 N–H and O–H groups in total. The lowest BCUT2D eigenvalue weighted by Crippen LogP contribution is -2.49. The Morgan fingerprint density at radius 2 is 2.00 bits per heavy atom. The molecule has 1 atom stereocenters. The first-order valence-corrected chi connectivity index (χ1v) is 9.40. The third-order valence-corrected chi connectivity index (χ3v) is 5.03. The number of anilines is 1. The Labute approximate surface area is 163 Å². The molecule has 0 saturated carbocycles. The zero-order chi connectivity index (χ0) is 19.3. The van der Waals surface area contributed by atoms with Crippen molar-refractivity contribution in [2.45, 2.75) is 19.5 Å².